The Bertz CT molecular complexity index is 883. The number of nitrogens with one attached hydrogen (secondary N) is 1. The molecule has 2 aromatic rings. The Morgan fingerprint density at radius 1 is 0.758 bits per heavy atom. The minimum atomic E-state index is 0.680. The smallest absolute Gasteiger partial charge is 0.0426 e. The molecule has 0 amide bonds. The molecule has 4 rings (SSSR count). The number of benzene rings is 2. The molecular weight excluding hydrogens is 451 g/mol. The van der Waals surface area contributed by atoms with Crippen LogP contribution in [-0.4, -0.2) is 56.1 Å². The van der Waals surface area contributed by atoms with Crippen molar-refractivity contribution in [3.63, 3.8) is 0 Å². The molecule has 0 unspecified atom stereocenters. The van der Waals surface area contributed by atoms with E-state index in [1.807, 2.05) is 12.1 Å². The van der Waals surface area contributed by atoms with Crippen molar-refractivity contribution in [2.45, 2.75) is 38.8 Å². The number of nitrogens with zero attached hydrogens (tertiary/aromatic N) is 2. The van der Waals surface area contributed by atoms with Gasteiger partial charge in [0.05, 0.1) is 0 Å². The van der Waals surface area contributed by atoms with E-state index in [9.17, 15) is 0 Å². The number of rotatable bonds is 8. The van der Waals surface area contributed by atoms with Gasteiger partial charge in [-0.2, -0.15) is 0 Å². The Morgan fingerprint density at radius 2 is 1.24 bits per heavy atom. The Hall–Kier alpha value is -1.14. The molecule has 2 aromatic carbocycles. The molecule has 180 valence electrons. The van der Waals surface area contributed by atoms with Crippen LogP contribution < -0.4 is 11.1 Å². The third kappa shape index (κ3) is 7.17. The first kappa shape index (κ1) is 25.0. The summed E-state index contributed by atoms with van der Waals surface area (Å²) < 4.78 is 0. The van der Waals surface area contributed by atoms with E-state index in [2.05, 4.69) is 40.4 Å². The van der Waals surface area contributed by atoms with Gasteiger partial charge in [-0.3, -0.25) is 9.80 Å². The van der Waals surface area contributed by atoms with Crippen LogP contribution in [-0.2, 0) is 13.1 Å². The summed E-state index contributed by atoms with van der Waals surface area (Å²) in [6.45, 7) is 8.51. The van der Waals surface area contributed by atoms with Gasteiger partial charge >= 0.3 is 0 Å². The first-order valence-electron chi connectivity index (χ1n) is 12.4. The number of hydrogen-bond donors (Lipinski definition) is 2. The summed E-state index contributed by atoms with van der Waals surface area (Å²) in [5, 5.41) is 4.70. The largest absolute Gasteiger partial charge is 0.330 e. The maximum Gasteiger partial charge on any atom is 0.0426 e. The normalized spacial score (nSPS) is 19.3. The molecule has 0 atom stereocenters. The highest BCUT2D eigenvalue weighted by atomic mass is 35.5. The fourth-order valence-corrected chi connectivity index (χ4v) is 5.89. The lowest BCUT2D eigenvalue weighted by Gasteiger charge is -2.33. The Labute approximate surface area is 209 Å². The lowest BCUT2D eigenvalue weighted by Crippen LogP contribution is -2.36. The van der Waals surface area contributed by atoms with Gasteiger partial charge in [0.25, 0.3) is 0 Å². The van der Waals surface area contributed by atoms with Gasteiger partial charge < -0.3 is 11.1 Å². The van der Waals surface area contributed by atoms with Crippen molar-refractivity contribution < 1.29 is 0 Å². The molecule has 33 heavy (non-hydrogen) atoms. The van der Waals surface area contributed by atoms with Crippen LogP contribution in [0.4, 0.5) is 0 Å². The number of nitrogens with two attached hydrogens (primary N) is 1. The van der Waals surface area contributed by atoms with Crippen LogP contribution in [0.3, 0.4) is 0 Å². The SMILES string of the molecule is CNCC1CCN(Cc2cc(CN3CCC(CN)CC3)cc(-c3cc(Cl)cc(Cl)c3)c2)CC1. The highest BCUT2D eigenvalue weighted by Crippen LogP contribution is 2.30. The summed E-state index contributed by atoms with van der Waals surface area (Å²) in [4.78, 5) is 5.18. The summed E-state index contributed by atoms with van der Waals surface area (Å²) in [5.41, 5.74) is 10.9. The van der Waals surface area contributed by atoms with Crippen LogP contribution in [0.25, 0.3) is 11.1 Å². The average molecular weight is 490 g/mol. The molecule has 3 N–H and O–H groups in total. The summed E-state index contributed by atoms with van der Waals surface area (Å²) in [6, 6.07) is 12.9. The predicted octanol–water partition coefficient (Wildman–Crippen LogP) is 5.26. The number of halogens is 2. The summed E-state index contributed by atoms with van der Waals surface area (Å²) in [5.74, 6) is 1.49. The first-order chi connectivity index (χ1) is 16.0. The van der Waals surface area contributed by atoms with E-state index in [0.717, 1.165) is 50.7 Å². The Morgan fingerprint density at radius 3 is 1.73 bits per heavy atom. The van der Waals surface area contributed by atoms with E-state index in [1.165, 1.54) is 55.5 Å². The summed E-state index contributed by atoms with van der Waals surface area (Å²) >= 11 is 12.7. The minimum Gasteiger partial charge on any atom is -0.330 e. The molecule has 0 saturated carbocycles. The third-order valence-electron chi connectivity index (χ3n) is 7.30. The molecule has 0 radical (unpaired) electrons. The van der Waals surface area contributed by atoms with Crippen molar-refractivity contribution in [3.8, 4) is 11.1 Å². The molecule has 4 nitrogen and oxygen atoms in total. The zero-order chi connectivity index (χ0) is 23.2. The van der Waals surface area contributed by atoms with Crippen molar-refractivity contribution in [1.29, 1.82) is 0 Å². The number of piperidine rings is 2. The second kappa shape index (κ2) is 12.0. The van der Waals surface area contributed by atoms with Crippen LogP contribution in [0.5, 0.6) is 0 Å². The number of hydrogen-bond acceptors (Lipinski definition) is 4. The van der Waals surface area contributed by atoms with Gasteiger partial charge in [0.15, 0.2) is 0 Å². The van der Waals surface area contributed by atoms with Gasteiger partial charge in [0.1, 0.15) is 0 Å². The van der Waals surface area contributed by atoms with Crippen molar-refractivity contribution >= 4 is 23.2 Å². The molecule has 0 spiro atoms. The third-order valence-corrected chi connectivity index (χ3v) is 7.74. The summed E-state index contributed by atoms with van der Waals surface area (Å²) in [7, 11) is 2.06. The maximum atomic E-state index is 6.34. The van der Waals surface area contributed by atoms with Crippen LogP contribution in [0.1, 0.15) is 36.8 Å². The molecule has 2 fully saturated rings. The van der Waals surface area contributed by atoms with Crippen LogP contribution in [0.15, 0.2) is 36.4 Å². The molecule has 0 aliphatic carbocycles. The monoisotopic (exact) mass is 488 g/mol. The van der Waals surface area contributed by atoms with E-state index < -0.39 is 0 Å². The molecule has 2 aliphatic rings. The topological polar surface area (TPSA) is 44.5 Å². The molecule has 2 heterocycles. The second-order valence-electron chi connectivity index (χ2n) is 9.93. The van der Waals surface area contributed by atoms with Gasteiger partial charge in [-0.1, -0.05) is 29.3 Å². The highest BCUT2D eigenvalue weighted by Gasteiger charge is 2.21. The molecular formula is C27H38Cl2N4. The van der Waals surface area contributed by atoms with E-state index in [-0.39, 0.29) is 0 Å². The number of likely N-dealkylation sites (tertiary alicyclic amines) is 2. The van der Waals surface area contributed by atoms with E-state index in [1.54, 1.807) is 6.07 Å². The second-order valence-corrected chi connectivity index (χ2v) is 10.8. The van der Waals surface area contributed by atoms with Gasteiger partial charge in [-0.25, -0.2) is 0 Å². The van der Waals surface area contributed by atoms with Crippen molar-refractivity contribution in [1.82, 2.24) is 15.1 Å². The Balaban J connectivity index is 1.53. The van der Waals surface area contributed by atoms with Gasteiger partial charge in [-0.15, -0.1) is 0 Å². The highest BCUT2D eigenvalue weighted by molar-refractivity contribution is 6.35. The minimum absolute atomic E-state index is 0.680. The molecule has 6 heteroatoms. The predicted molar refractivity (Wildman–Crippen MR) is 141 cm³/mol. The van der Waals surface area contributed by atoms with Crippen LogP contribution in [0, 0.1) is 11.8 Å². The quantitative estimate of drug-likeness (QED) is 0.531. The van der Waals surface area contributed by atoms with E-state index >= 15 is 0 Å². The average Bonchev–Trinajstić information content (AvgIpc) is 2.80. The standard InChI is InChI=1S/C27H38Cl2N4/c1-31-17-21-4-8-33(9-5-21)19-23-10-22(18-32-6-2-20(16-30)3-7-32)11-24(12-23)25-13-26(28)15-27(29)14-25/h10-15,20-21,31H,2-9,16-19,30H2,1H3. The Kier molecular flexibility index (Phi) is 9.09. The fraction of sp³-hybridized carbons (Fsp3) is 0.556. The molecule has 2 saturated heterocycles. The summed E-state index contributed by atoms with van der Waals surface area (Å²) in [6.07, 6.45) is 4.95. The van der Waals surface area contributed by atoms with Crippen molar-refractivity contribution in [2.24, 2.45) is 17.6 Å². The fourth-order valence-electron chi connectivity index (χ4n) is 5.37. The molecule has 2 aliphatic heterocycles. The van der Waals surface area contributed by atoms with E-state index in [0.29, 0.717) is 16.0 Å². The van der Waals surface area contributed by atoms with E-state index in [4.69, 9.17) is 28.9 Å². The van der Waals surface area contributed by atoms with Gasteiger partial charge in [0, 0.05) is 23.1 Å². The van der Waals surface area contributed by atoms with Crippen LogP contribution >= 0.6 is 23.2 Å². The molecule has 0 bridgehead atoms. The lowest BCUT2D eigenvalue weighted by atomic mass is 9.94. The van der Waals surface area contributed by atoms with Gasteiger partial charge in [-0.05, 0) is 136 Å². The zero-order valence-electron chi connectivity index (χ0n) is 19.8. The first-order valence-corrected chi connectivity index (χ1v) is 13.2. The maximum absolute atomic E-state index is 6.34. The zero-order valence-corrected chi connectivity index (χ0v) is 21.3. The van der Waals surface area contributed by atoms with Gasteiger partial charge in [0.2, 0.25) is 0 Å². The molecule has 0 aromatic heterocycles. The van der Waals surface area contributed by atoms with Crippen molar-refractivity contribution in [2.75, 3.05) is 46.3 Å². The van der Waals surface area contributed by atoms with Crippen LogP contribution in [0.2, 0.25) is 10.0 Å². The van der Waals surface area contributed by atoms with Crippen molar-refractivity contribution in [3.05, 3.63) is 57.6 Å². The lowest BCUT2D eigenvalue weighted by molar-refractivity contribution is 0.175.